The van der Waals surface area contributed by atoms with Crippen molar-refractivity contribution in [3.05, 3.63) is 77.8 Å². The number of carbonyl (C=O) groups excluding carboxylic acids is 1. The summed E-state index contributed by atoms with van der Waals surface area (Å²) in [6.07, 6.45) is 1.76. The molecular formula is C23H23N3O4S. The topological polar surface area (TPSA) is 76.8 Å². The number of esters is 1. The van der Waals surface area contributed by atoms with Crippen molar-refractivity contribution in [2.75, 3.05) is 27.4 Å². The molecule has 0 radical (unpaired) electrons. The zero-order valence-electron chi connectivity index (χ0n) is 17.3. The summed E-state index contributed by atoms with van der Waals surface area (Å²) in [5, 5.41) is 4.00. The van der Waals surface area contributed by atoms with Gasteiger partial charge in [-0.05, 0) is 48.6 Å². The summed E-state index contributed by atoms with van der Waals surface area (Å²) in [4.78, 5) is 18.5. The highest BCUT2D eigenvalue weighted by molar-refractivity contribution is 7.80. The zero-order chi connectivity index (χ0) is 21.8. The van der Waals surface area contributed by atoms with Crippen molar-refractivity contribution in [3.63, 3.8) is 0 Å². The number of benzene rings is 1. The molecule has 1 saturated heterocycles. The highest BCUT2D eigenvalue weighted by Gasteiger charge is 2.41. The van der Waals surface area contributed by atoms with Gasteiger partial charge in [-0.2, -0.15) is 0 Å². The molecule has 2 aromatic heterocycles. The van der Waals surface area contributed by atoms with Crippen LogP contribution in [0.25, 0.3) is 11.3 Å². The van der Waals surface area contributed by atoms with Gasteiger partial charge in [-0.3, -0.25) is 4.98 Å². The fraction of sp³-hybridized carbons (Fsp3) is 0.261. The van der Waals surface area contributed by atoms with Crippen molar-refractivity contribution in [2.45, 2.75) is 12.1 Å². The SMILES string of the molecule is COCCN1C(=S)N[C@H](c2ccccn2)[C@@H]1c1ccc(-c2cccc(C(=O)OC)c2)o1. The summed E-state index contributed by atoms with van der Waals surface area (Å²) in [6.45, 7) is 1.15. The number of carbonyl (C=O) groups is 1. The molecule has 0 spiro atoms. The number of ether oxygens (including phenoxy) is 2. The van der Waals surface area contributed by atoms with E-state index in [1.165, 1.54) is 7.11 Å². The van der Waals surface area contributed by atoms with E-state index in [0.717, 1.165) is 17.0 Å². The fourth-order valence-electron chi connectivity index (χ4n) is 3.73. The molecule has 0 amide bonds. The molecule has 1 aliphatic rings. The Kier molecular flexibility index (Phi) is 6.29. The molecule has 1 aliphatic heterocycles. The van der Waals surface area contributed by atoms with Crippen LogP contribution in [-0.4, -0.2) is 48.3 Å². The van der Waals surface area contributed by atoms with Crippen LogP contribution in [0.2, 0.25) is 0 Å². The number of hydrogen-bond donors (Lipinski definition) is 1. The molecule has 1 N–H and O–H groups in total. The number of nitrogens with one attached hydrogen (secondary N) is 1. The third kappa shape index (κ3) is 4.30. The number of furan rings is 1. The molecule has 4 rings (SSSR count). The van der Waals surface area contributed by atoms with Crippen molar-refractivity contribution >= 4 is 23.3 Å². The average molecular weight is 438 g/mol. The Bertz CT molecular complexity index is 1070. The van der Waals surface area contributed by atoms with Gasteiger partial charge in [-0.15, -0.1) is 0 Å². The van der Waals surface area contributed by atoms with Crippen molar-refractivity contribution < 1.29 is 18.7 Å². The predicted molar refractivity (Wildman–Crippen MR) is 120 cm³/mol. The molecule has 3 aromatic rings. The Labute approximate surface area is 186 Å². The molecule has 1 fully saturated rings. The highest BCUT2D eigenvalue weighted by atomic mass is 32.1. The number of thiocarbonyl (C=S) groups is 1. The molecule has 0 aliphatic carbocycles. The number of methoxy groups -OCH3 is 2. The second-order valence-corrected chi connectivity index (χ2v) is 7.47. The third-order valence-electron chi connectivity index (χ3n) is 5.22. The van der Waals surface area contributed by atoms with Gasteiger partial charge >= 0.3 is 5.97 Å². The van der Waals surface area contributed by atoms with Crippen LogP contribution in [-0.2, 0) is 9.47 Å². The molecule has 2 atom stereocenters. The first kappa shape index (κ1) is 21.0. The molecule has 3 heterocycles. The maximum absolute atomic E-state index is 11.9. The predicted octanol–water partition coefficient (Wildman–Crippen LogP) is 3.75. The summed E-state index contributed by atoms with van der Waals surface area (Å²) >= 11 is 5.61. The van der Waals surface area contributed by atoms with Gasteiger partial charge in [0.1, 0.15) is 17.6 Å². The molecule has 8 heteroatoms. The molecule has 160 valence electrons. The van der Waals surface area contributed by atoms with Crippen molar-refractivity contribution in [1.82, 2.24) is 15.2 Å². The van der Waals surface area contributed by atoms with Crippen LogP contribution in [0, 0.1) is 0 Å². The first-order chi connectivity index (χ1) is 15.1. The minimum absolute atomic E-state index is 0.161. The molecule has 0 bridgehead atoms. The Balaban J connectivity index is 1.69. The van der Waals surface area contributed by atoms with Crippen LogP contribution in [0.5, 0.6) is 0 Å². The molecule has 0 unspecified atom stereocenters. The molecular weight excluding hydrogens is 414 g/mol. The average Bonchev–Trinajstić information content (AvgIpc) is 3.42. The largest absolute Gasteiger partial charge is 0.465 e. The number of rotatable bonds is 7. The van der Waals surface area contributed by atoms with E-state index >= 15 is 0 Å². The zero-order valence-corrected chi connectivity index (χ0v) is 18.1. The van der Waals surface area contributed by atoms with E-state index in [4.69, 9.17) is 26.1 Å². The summed E-state index contributed by atoms with van der Waals surface area (Å²) in [6, 6.07) is 16.5. The number of pyridine rings is 1. The summed E-state index contributed by atoms with van der Waals surface area (Å²) in [5.41, 5.74) is 2.13. The van der Waals surface area contributed by atoms with Crippen molar-refractivity contribution in [2.24, 2.45) is 0 Å². The van der Waals surface area contributed by atoms with E-state index < -0.39 is 0 Å². The Hall–Kier alpha value is -3.23. The van der Waals surface area contributed by atoms with Gasteiger partial charge in [-0.25, -0.2) is 4.79 Å². The Morgan fingerprint density at radius 2 is 2.06 bits per heavy atom. The van der Waals surface area contributed by atoms with Crippen molar-refractivity contribution in [3.8, 4) is 11.3 Å². The van der Waals surface area contributed by atoms with Gasteiger partial charge < -0.3 is 24.1 Å². The third-order valence-corrected chi connectivity index (χ3v) is 5.57. The monoisotopic (exact) mass is 437 g/mol. The van der Waals surface area contributed by atoms with Crippen molar-refractivity contribution in [1.29, 1.82) is 0 Å². The van der Waals surface area contributed by atoms with Gasteiger partial charge in [0.15, 0.2) is 5.11 Å². The molecule has 1 aromatic carbocycles. The maximum Gasteiger partial charge on any atom is 0.337 e. The first-order valence-electron chi connectivity index (χ1n) is 9.88. The Morgan fingerprint density at radius 3 is 2.81 bits per heavy atom. The second-order valence-electron chi connectivity index (χ2n) is 7.09. The molecule has 0 saturated carbocycles. The lowest BCUT2D eigenvalue weighted by atomic mass is 10.0. The van der Waals surface area contributed by atoms with E-state index in [2.05, 4.69) is 15.2 Å². The minimum atomic E-state index is -0.389. The van der Waals surface area contributed by atoms with Crippen LogP contribution < -0.4 is 5.32 Å². The normalized spacial score (nSPS) is 18.1. The van der Waals surface area contributed by atoms with E-state index in [0.29, 0.717) is 29.6 Å². The standard InChI is InChI=1S/C23H23N3O4S/c1-28-13-12-26-21(20(25-23(26)31)17-8-3-4-11-24-17)19-10-9-18(30-19)15-6-5-7-16(14-15)22(27)29-2/h3-11,14,20-21H,12-13H2,1-2H3,(H,25,31)/t20-,21+/m1/s1. The Morgan fingerprint density at radius 1 is 1.19 bits per heavy atom. The molecule has 31 heavy (non-hydrogen) atoms. The van der Waals surface area contributed by atoms with Gasteiger partial charge in [0, 0.05) is 25.4 Å². The van der Waals surface area contributed by atoms with Gasteiger partial charge in [0.2, 0.25) is 0 Å². The highest BCUT2D eigenvalue weighted by Crippen LogP contribution is 2.40. The summed E-state index contributed by atoms with van der Waals surface area (Å²) < 4.78 is 16.4. The van der Waals surface area contributed by atoms with Crippen LogP contribution in [0.4, 0.5) is 0 Å². The van der Waals surface area contributed by atoms with Crippen LogP contribution in [0.3, 0.4) is 0 Å². The number of nitrogens with zero attached hydrogens (tertiary/aromatic N) is 2. The van der Waals surface area contributed by atoms with E-state index in [1.807, 2.05) is 36.4 Å². The van der Waals surface area contributed by atoms with E-state index in [-0.39, 0.29) is 18.1 Å². The van der Waals surface area contributed by atoms with Crippen LogP contribution >= 0.6 is 12.2 Å². The van der Waals surface area contributed by atoms with Crippen LogP contribution in [0.15, 0.2) is 65.2 Å². The quantitative estimate of drug-likeness (QED) is 0.442. The van der Waals surface area contributed by atoms with E-state index in [1.54, 1.807) is 31.5 Å². The van der Waals surface area contributed by atoms with Gasteiger partial charge in [0.05, 0.1) is 31.0 Å². The number of hydrogen-bond acceptors (Lipinski definition) is 6. The lowest BCUT2D eigenvalue weighted by molar-refractivity contribution is 0.0601. The lowest BCUT2D eigenvalue weighted by Crippen LogP contribution is -2.32. The number of aromatic nitrogens is 1. The summed E-state index contributed by atoms with van der Waals surface area (Å²) in [7, 11) is 3.03. The smallest absolute Gasteiger partial charge is 0.337 e. The molecule has 7 nitrogen and oxygen atoms in total. The fourth-order valence-corrected chi connectivity index (χ4v) is 4.06. The van der Waals surface area contributed by atoms with Gasteiger partial charge in [0.25, 0.3) is 0 Å². The van der Waals surface area contributed by atoms with Gasteiger partial charge in [-0.1, -0.05) is 18.2 Å². The summed E-state index contributed by atoms with van der Waals surface area (Å²) in [5.74, 6) is 1.02. The minimum Gasteiger partial charge on any atom is -0.465 e. The lowest BCUT2D eigenvalue weighted by Gasteiger charge is -2.25. The van der Waals surface area contributed by atoms with Crippen LogP contribution in [0.1, 0.15) is 33.9 Å². The first-order valence-corrected chi connectivity index (χ1v) is 10.3. The van der Waals surface area contributed by atoms with E-state index in [9.17, 15) is 4.79 Å². The second kappa shape index (κ2) is 9.28. The maximum atomic E-state index is 11.9.